The molecule has 1 unspecified atom stereocenters. The van der Waals surface area contributed by atoms with E-state index in [9.17, 15) is 0 Å². The van der Waals surface area contributed by atoms with Crippen LogP contribution in [0.5, 0.6) is 0 Å². The fraction of sp³-hybridized carbons (Fsp3) is 0. The molecule has 0 radical (unpaired) electrons. The minimum absolute atomic E-state index is 0. The third-order valence-electron chi connectivity index (χ3n) is 0.409. The molecule has 0 aliphatic heterocycles. The van der Waals surface area contributed by atoms with Crippen LogP contribution in [0.4, 0.5) is 0 Å². The molecule has 0 bridgehead atoms. The van der Waals surface area contributed by atoms with Gasteiger partial charge in [-0.3, -0.25) is 0 Å². The highest BCUT2D eigenvalue weighted by Gasteiger charge is 1.60. The van der Waals surface area contributed by atoms with Gasteiger partial charge in [0.2, 0.25) is 0 Å². The molecule has 0 amide bonds. The van der Waals surface area contributed by atoms with Crippen LogP contribution in [0.25, 0.3) is 0 Å². The van der Waals surface area contributed by atoms with Crippen molar-refractivity contribution < 1.29 is 0 Å². The average molecular weight is 115 g/mol. The van der Waals surface area contributed by atoms with Gasteiger partial charge in [-0.2, -0.15) is 9.90 Å². The van der Waals surface area contributed by atoms with E-state index in [4.69, 9.17) is 0 Å². The lowest BCUT2D eigenvalue weighted by Gasteiger charge is -1.68. The van der Waals surface area contributed by atoms with Crippen LogP contribution >= 0.6 is 9.90 Å². The molecule has 0 spiro atoms. The van der Waals surface area contributed by atoms with E-state index in [1.54, 1.807) is 18.5 Å². The molecule has 0 aliphatic carbocycles. The fourth-order valence-electron chi connectivity index (χ4n) is 0.205. The lowest BCUT2D eigenvalue weighted by Crippen LogP contribution is -1.78. The molecule has 7 heavy (non-hydrogen) atoms. The van der Waals surface area contributed by atoms with Crippen molar-refractivity contribution in [1.29, 1.82) is 0 Å². The van der Waals surface area contributed by atoms with Crippen LogP contribution in [0.1, 0.15) is 0 Å². The van der Waals surface area contributed by atoms with Gasteiger partial charge in [0.1, 0.15) is 0 Å². The Kier molecular flexibility index (Phi) is 3.33. The molecule has 0 saturated heterocycles. The number of aromatic nitrogens is 3. The van der Waals surface area contributed by atoms with Gasteiger partial charge in [0.15, 0.2) is 0 Å². The number of rotatable bonds is 0. The fourth-order valence-corrected chi connectivity index (χ4v) is 0.205. The second kappa shape index (κ2) is 3.62. The zero-order valence-corrected chi connectivity index (χ0v) is 5.20. The van der Waals surface area contributed by atoms with E-state index in [2.05, 4.69) is 15.4 Å². The maximum atomic E-state index is 3.42. The van der Waals surface area contributed by atoms with Crippen LogP contribution in [-0.4, -0.2) is 15.4 Å². The number of hydrogen-bond donors (Lipinski definition) is 0. The van der Waals surface area contributed by atoms with Crippen molar-refractivity contribution in [3.05, 3.63) is 18.5 Å². The first-order valence-electron chi connectivity index (χ1n) is 1.58. The number of nitrogens with zero attached hydrogens (tertiary/aromatic N) is 3. The summed E-state index contributed by atoms with van der Waals surface area (Å²) in [5.41, 5.74) is 0. The monoisotopic (exact) mass is 115 g/mol. The summed E-state index contributed by atoms with van der Waals surface area (Å²) in [6.45, 7) is 0. The van der Waals surface area contributed by atoms with Crippen molar-refractivity contribution in [2.24, 2.45) is 0 Å². The van der Waals surface area contributed by atoms with E-state index in [1.807, 2.05) is 0 Å². The summed E-state index contributed by atoms with van der Waals surface area (Å²) in [5, 5.41) is 10.1. The maximum Gasteiger partial charge on any atom is 0.0529 e. The molecule has 4 heteroatoms. The van der Waals surface area contributed by atoms with Crippen molar-refractivity contribution in [2.45, 2.75) is 0 Å². The summed E-state index contributed by atoms with van der Waals surface area (Å²) in [6.07, 6.45) is 3.15. The Balaban J connectivity index is 0.000000360. The highest BCUT2D eigenvalue weighted by atomic mass is 31.0. The standard InChI is InChI=1S/C3H3N3.H3P/c1-2-4-6-5-3-1;/h1-3H;1H3. The highest BCUT2D eigenvalue weighted by molar-refractivity contribution is 6.92. The maximum absolute atomic E-state index is 3.42. The summed E-state index contributed by atoms with van der Waals surface area (Å²) >= 11 is 0. The highest BCUT2D eigenvalue weighted by Crippen LogP contribution is 1.61. The quantitative estimate of drug-likeness (QED) is 0.444. The molecule has 0 saturated carbocycles. The van der Waals surface area contributed by atoms with Crippen molar-refractivity contribution in [3.63, 3.8) is 0 Å². The van der Waals surface area contributed by atoms with E-state index in [1.165, 1.54) is 0 Å². The molecule has 0 fully saturated rings. The Morgan fingerprint density at radius 3 is 1.71 bits per heavy atom. The molecule has 1 atom stereocenters. The molecular formula is C3H6N3P. The lowest BCUT2D eigenvalue weighted by molar-refractivity contribution is 0.865. The van der Waals surface area contributed by atoms with E-state index in [-0.39, 0.29) is 9.90 Å². The largest absolute Gasteiger partial charge is 0.153 e. The van der Waals surface area contributed by atoms with Crippen LogP contribution in [0.3, 0.4) is 0 Å². The van der Waals surface area contributed by atoms with Crippen LogP contribution in [-0.2, 0) is 0 Å². The van der Waals surface area contributed by atoms with E-state index < -0.39 is 0 Å². The Morgan fingerprint density at radius 1 is 1.00 bits per heavy atom. The molecule has 1 aromatic heterocycles. The van der Waals surface area contributed by atoms with Crippen LogP contribution in [0.15, 0.2) is 18.5 Å². The molecule has 3 nitrogen and oxygen atoms in total. The molecule has 0 N–H and O–H groups in total. The van der Waals surface area contributed by atoms with Gasteiger partial charge < -0.3 is 0 Å². The van der Waals surface area contributed by atoms with Gasteiger partial charge in [0.05, 0.1) is 12.4 Å². The van der Waals surface area contributed by atoms with Gasteiger partial charge in [0, 0.05) is 0 Å². The van der Waals surface area contributed by atoms with Gasteiger partial charge >= 0.3 is 0 Å². The van der Waals surface area contributed by atoms with Gasteiger partial charge in [0.25, 0.3) is 0 Å². The molecule has 1 heterocycles. The second-order valence-corrected chi connectivity index (χ2v) is 0.811. The van der Waals surface area contributed by atoms with Crippen molar-refractivity contribution in [1.82, 2.24) is 15.4 Å². The Labute approximate surface area is 44.8 Å². The van der Waals surface area contributed by atoms with Crippen LogP contribution in [0, 0.1) is 0 Å². The van der Waals surface area contributed by atoms with Gasteiger partial charge in [-0.1, -0.05) is 0 Å². The zero-order valence-electron chi connectivity index (χ0n) is 3.78. The normalized spacial score (nSPS) is 6.86. The van der Waals surface area contributed by atoms with Gasteiger partial charge in [-0.15, -0.1) is 10.2 Å². The Bertz CT molecular complexity index is 82.1. The molecule has 1 aromatic rings. The first-order valence-corrected chi connectivity index (χ1v) is 1.58. The van der Waals surface area contributed by atoms with Crippen LogP contribution < -0.4 is 0 Å². The van der Waals surface area contributed by atoms with Crippen molar-refractivity contribution >= 4 is 9.90 Å². The molecular weight excluding hydrogens is 109 g/mol. The third kappa shape index (κ3) is 2.18. The average Bonchev–Trinajstić information content (AvgIpc) is 1.72. The number of hydrogen-bond acceptors (Lipinski definition) is 3. The predicted molar refractivity (Wildman–Crippen MR) is 30.9 cm³/mol. The molecule has 0 aromatic carbocycles. The first kappa shape index (κ1) is 6.44. The van der Waals surface area contributed by atoms with Crippen LogP contribution in [0.2, 0.25) is 0 Å². The SMILES string of the molecule is P.c1cnnnc1. The van der Waals surface area contributed by atoms with Crippen molar-refractivity contribution in [3.8, 4) is 0 Å². The summed E-state index contributed by atoms with van der Waals surface area (Å²) in [6, 6.07) is 1.72. The Hall–Kier alpha value is -0.560. The predicted octanol–water partition coefficient (Wildman–Crippen LogP) is -0.0703. The molecule has 0 aliphatic rings. The zero-order chi connectivity index (χ0) is 4.24. The lowest BCUT2D eigenvalue weighted by atomic mass is 10.7. The van der Waals surface area contributed by atoms with E-state index in [0.717, 1.165) is 0 Å². The topological polar surface area (TPSA) is 38.7 Å². The summed E-state index contributed by atoms with van der Waals surface area (Å²) in [5.74, 6) is 0. The second-order valence-electron chi connectivity index (χ2n) is 0.811. The Morgan fingerprint density at radius 2 is 1.57 bits per heavy atom. The minimum Gasteiger partial charge on any atom is -0.153 e. The molecule has 1 rings (SSSR count). The summed E-state index contributed by atoms with van der Waals surface area (Å²) in [7, 11) is 0. The smallest absolute Gasteiger partial charge is 0.0529 e. The summed E-state index contributed by atoms with van der Waals surface area (Å²) in [4.78, 5) is 0. The summed E-state index contributed by atoms with van der Waals surface area (Å²) < 4.78 is 0. The first-order chi connectivity index (χ1) is 3.00. The van der Waals surface area contributed by atoms with Gasteiger partial charge in [-0.05, 0) is 11.3 Å². The third-order valence-corrected chi connectivity index (χ3v) is 0.409. The van der Waals surface area contributed by atoms with E-state index in [0.29, 0.717) is 0 Å². The van der Waals surface area contributed by atoms with Crippen molar-refractivity contribution in [2.75, 3.05) is 0 Å². The minimum atomic E-state index is 0. The van der Waals surface area contributed by atoms with Gasteiger partial charge in [-0.25, -0.2) is 0 Å². The molecule has 38 valence electrons. The van der Waals surface area contributed by atoms with E-state index >= 15 is 0 Å².